The Balaban J connectivity index is 1.68. The van der Waals surface area contributed by atoms with Crippen LogP contribution in [0, 0.1) is 13.8 Å². The van der Waals surface area contributed by atoms with Gasteiger partial charge in [-0.25, -0.2) is 0 Å². The van der Waals surface area contributed by atoms with Gasteiger partial charge in [0.15, 0.2) is 0 Å². The van der Waals surface area contributed by atoms with Gasteiger partial charge in [0, 0.05) is 12.1 Å². The van der Waals surface area contributed by atoms with Crippen molar-refractivity contribution >= 4 is 5.91 Å². The average molecular weight is 392 g/mol. The summed E-state index contributed by atoms with van der Waals surface area (Å²) >= 11 is 0. The highest BCUT2D eigenvalue weighted by Crippen LogP contribution is 2.20. The summed E-state index contributed by atoms with van der Waals surface area (Å²) < 4.78 is 5.45. The summed E-state index contributed by atoms with van der Waals surface area (Å²) in [7, 11) is 0. The normalized spacial score (nSPS) is 12.1. The number of carbonyl (C=O) groups is 1. The number of hydrogen-bond acceptors (Lipinski definition) is 4. The molecule has 0 spiro atoms. The van der Waals surface area contributed by atoms with Crippen molar-refractivity contribution in [2.45, 2.75) is 39.9 Å². The standard InChI is InChI=1S/C24H28N2O3/c1-17-10-11-20(13-18(17)2)19(3)25-24(28)16-26(15-22-8-6-12-29-22)14-21-7-4-5-9-23(21)27/h4-13,19,27H,14-16H2,1-3H3,(H,25,28). The second-order valence-electron chi connectivity index (χ2n) is 7.49. The highest BCUT2D eigenvalue weighted by Gasteiger charge is 2.17. The van der Waals surface area contributed by atoms with Crippen LogP contribution in [0.4, 0.5) is 0 Å². The molecule has 5 nitrogen and oxygen atoms in total. The molecule has 3 rings (SSSR count). The third-order valence-corrected chi connectivity index (χ3v) is 5.12. The van der Waals surface area contributed by atoms with Gasteiger partial charge >= 0.3 is 0 Å². The van der Waals surface area contributed by atoms with E-state index < -0.39 is 0 Å². The van der Waals surface area contributed by atoms with Crippen molar-refractivity contribution in [1.29, 1.82) is 0 Å². The molecule has 1 aromatic heterocycles. The maximum atomic E-state index is 12.7. The van der Waals surface area contributed by atoms with Crippen molar-refractivity contribution in [1.82, 2.24) is 10.2 Å². The molecule has 29 heavy (non-hydrogen) atoms. The van der Waals surface area contributed by atoms with Crippen LogP contribution in [0.25, 0.3) is 0 Å². The lowest BCUT2D eigenvalue weighted by atomic mass is 10.0. The van der Waals surface area contributed by atoms with Crippen LogP contribution in [-0.2, 0) is 17.9 Å². The van der Waals surface area contributed by atoms with Crippen LogP contribution in [0.3, 0.4) is 0 Å². The van der Waals surface area contributed by atoms with Gasteiger partial charge in [0.2, 0.25) is 5.91 Å². The van der Waals surface area contributed by atoms with Gasteiger partial charge in [-0.3, -0.25) is 9.69 Å². The predicted molar refractivity (Wildman–Crippen MR) is 113 cm³/mol. The van der Waals surface area contributed by atoms with Crippen LogP contribution in [0.15, 0.2) is 65.3 Å². The van der Waals surface area contributed by atoms with Crippen LogP contribution in [0.1, 0.15) is 41.0 Å². The fourth-order valence-electron chi connectivity index (χ4n) is 3.28. The van der Waals surface area contributed by atoms with Crippen molar-refractivity contribution in [3.63, 3.8) is 0 Å². The Hall–Kier alpha value is -3.05. The zero-order valence-electron chi connectivity index (χ0n) is 17.2. The van der Waals surface area contributed by atoms with E-state index >= 15 is 0 Å². The number of para-hydroxylation sites is 1. The number of benzene rings is 2. The van der Waals surface area contributed by atoms with E-state index in [4.69, 9.17) is 4.42 Å². The molecule has 1 atom stereocenters. The van der Waals surface area contributed by atoms with Gasteiger partial charge in [-0.05, 0) is 55.7 Å². The Morgan fingerprint density at radius 2 is 1.86 bits per heavy atom. The molecule has 1 unspecified atom stereocenters. The molecular weight excluding hydrogens is 364 g/mol. The number of aromatic hydroxyl groups is 1. The van der Waals surface area contributed by atoms with Crippen LogP contribution >= 0.6 is 0 Å². The quantitative estimate of drug-likeness (QED) is 0.593. The van der Waals surface area contributed by atoms with Gasteiger partial charge in [-0.2, -0.15) is 0 Å². The Bertz CT molecular complexity index is 951. The first-order chi connectivity index (χ1) is 13.9. The second-order valence-corrected chi connectivity index (χ2v) is 7.49. The van der Waals surface area contributed by atoms with E-state index in [-0.39, 0.29) is 24.2 Å². The first-order valence-electron chi connectivity index (χ1n) is 9.80. The molecule has 152 valence electrons. The summed E-state index contributed by atoms with van der Waals surface area (Å²) in [6.45, 7) is 7.26. The predicted octanol–water partition coefficient (Wildman–Crippen LogP) is 4.48. The van der Waals surface area contributed by atoms with E-state index in [0.717, 1.165) is 16.9 Å². The minimum Gasteiger partial charge on any atom is -0.508 e. The molecule has 0 radical (unpaired) electrons. The molecule has 0 bridgehead atoms. The monoisotopic (exact) mass is 392 g/mol. The summed E-state index contributed by atoms with van der Waals surface area (Å²) in [4.78, 5) is 14.7. The lowest BCUT2D eigenvalue weighted by Crippen LogP contribution is -2.37. The smallest absolute Gasteiger partial charge is 0.234 e. The van der Waals surface area contributed by atoms with E-state index in [0.29, 0.717) is 13.1 Å². The Kier molecular flexibility index (Phi) is 6.73. The number of nitrogens with one attached hydrogen (secondary N) is 1. The number of aryl methyl sites for hydroxylation is 2. The van der Waals surface area contributed by atoms with Gasteiger partial charge in [0.25, 0.3) is 0 Å². The molecule has 1 heterocycles. The Morgan fingerprint density at radius 1 is 1.07 bits per heavy atom. The van der Waals surface area contributed by atoms with Crippen LogP contribution in [0.5, 0.6) is 5.75 Å². The molecule has 0 aliphatic heterocycles. The average Bonchev–Trinajstić information content (AvgIpc) is 3.18. The largest absolute Gasteiger partial charge is 0.508 e. The zero-order valence-corrected chi connectivity index (χ0v) is 17.2. The van der Waals surface area contributed by atoms with E-state index in [1.165, 1.54) is 11.1 Å². The maximum Gasteiger partial charge on any atom is 0.234 e. The van der Waals surface area contributed by atoms with Crippen molar-refractivity contribution in [3.05, 3.63) is 88.9 Å². The third-order valence-electron chi connectivity index (χ3n) is 5.12. The summed E-state index contributed by atoms with van der Waals surface area (Å²) in [5.41, 5.74) is 4.30. The number of phenols is 1. The van der Waals surface area contributed by atoms with Gasteiger partial charge < -0.3 is 14.8 Å². The molecule has 0 saturated heterocycles. The number of nitrogens with zero attached hydrogens (tertiary/aromatic N) is 1. The highest BCUT2D eigenvalue weighted by molar-refractivity contribution is 5.78. The molecule has 2 N–H and O–H groups in total. The summed E-state index contributed by atoms with van der Waals surface area (Å²) in [5.74, 6) is 0.925. The van der Waals surface area contributed by atoms with Crippen molar-refractivity contribution in [3.8, 4) is 5.75 Å². The highest BCUT2D eigenvalue weighted by atomic mass is 16.3. The van der Waals surface area contributed by atoms with Crippen molar-refractivity contribution < 1.29 is 14.3 Å². The topological polar surface area (TPSA) is 65.7 Å². The number of amides is 1. The van der Waals surface area contributed by atoms with Crippen molar-refractivity contribution in [2.24, 2.45) is 0 Å². The fraction of sp³-hybridized carbons (Fsp3) is 0.292. The molecule has 0 aliphatic carbocycles. The summed E-state index contributed by atoms with van der Waals surface area (Å²) in [5, 5.41) is 13.2. The molecule has 2 aromatic carbocycles. The van der Waals surface area contributed by atoms with Crippen molar-refractivity contribution in [2.75, 3.05) is 6.54 Å². The SMILES string of the molecule is Cc1ccc(C(C)NC(=O)CN(Cc2ccco2)Cc2ccccc2O)cc1C. The van der Waals surface area contributed by atoms with Crippen LogP contribution < -0.4 is 5.32 Å². The maximum absolute atomic E-state index is 12.7. The number of rotatable bonds is 8. The zero-order chi connectivity index (χ0) is 20.8. The van der Waals surface area contributed by atoms with Crippen LogP contribution in [0.2, 0.25) is 0 Å². The van der Waals surface area contributed by atoms with E-state index in [2.05, 4.69) is 37.4 Å². The van der Waals surface area contributed by atoms with E-state index in [1.54, 1.807) is 18.4 Å². The number of carbonyl (C=O) groups excluding carboxylic acids is 1. The number of phenolic OH excluding ortho intramolecular Hbond substituents is 1. The molecule has 0 fully saturated rings. The third kappa shape index (κ3) is 5.72. The van der Waals surface area contributed by atoms with Gasteiger partial charge in [0.05, 0.1) is 25.4 Å². The minimum atomic E-state index is -0.0857. The lowest BCUT2D eigenvalue weighted by molar-refractivity contribution is -0.123. The lowest BCUT2D eigenvalue weighted by Gasteiger charge is -2.23. The van der Waals surface area contributed by atoms with E-state index in [1.807, 2.05) is 36.1 Å². The van der Waals surface area contributed by atoms with Crippen LogP contribution in [-0.4, -0.2) is 22.5 Å². The molecular formula is C24H28N2O3. The first kappa shape index (κ1) is 20.7. The van der Waals surface area contributed by atoms with Gasteiger partial charge in [-0.15, -0.1) is 0 Å². The summed E-state index contributed by atoms with van der Waals surface area (Å²) in [6, 6.07) is 17.0. The Labute approximate surface area is 172 Å². The minimum absolute atomic E-state index is 0.0716. The van der Waals surface area contributed by atoms with Gasteiger partial charge in [0.1, 0.15) is 11.5 Å². The molecule has 5 heteroatoms. The number of hydrogen-bond donors (Lipinski definition) is 2. The first-order valence-corrected chi connectivity index (χ1v) is 9.80. The number of furan rings is 1. The van der Waals surface area contributed by atoms with E-state index in [9.17, 15) is 9.90 Å². The van der Waals surface area contributed by atoms with Gasteiger partial charge in [-0.1, -0.05) is 36.4 Å². The molecule has 0 aliphatic rings. The second kappa shape index (κ2) is 9.43. The summed E-state index contributed by atoms with van der Waals surface area (Å²) in [6.07, 6.45) is 1.62. The Morgan fingerprint density at radius 3 is 2.55 bits per heavy atom. The molecule has 0 saturated carbocycles. The molecule has 3 aromatic rings. The molecule has 1 amide bonds. The fourth-order valence-corrected chi connectivity index (χ4v) is 3.28.